The normalized spacial score (nSPS) is 39.8. The van der Waals surface area contributed by atoms with Crippen molar-refractivity contribution in [1.29, 1.82) is 0 Å². The molecule has 0 aromatic rings. The second-order valence-electron chi connectivity index (χ2n) is 2.69. The summed E-state index contributed by atoms with van der Waals surface area (Å²) in [5.74, 6) is 0.721. The van der Waals surface area contributed by atoms with Crippen LogP contribution in [0.2, 0.25) is 0 Å². The SMILES string of the molecule is CC1C[N]CC(N)C1. The minimum absolute atomic E-state index is 0.346. The Bertz CT molecular complexity index is 64.9. The van der Waals surface area contributed by atoms with Crippen LogP contribution in [0.3, 0.4) is 0 Å². The van der Waals surface area contributed by atoms with Crippen molar-refractivity contribution in [2.75, 3.05) is 13.1 Å². The first-order valence-electron chi connectivity index (χ1n) is 3.18. The predicted molar refractivity (Wildman–Crippen MR) is 33.6 cm³/mol. The van der Waals surface area contributed by atoms with Crippen molar-refractivity contribution in [2.24, 2.45) is 11.7 Å². The molecule has 1 saturated heterocycles. The molecule has 8 heavy (non-hydrogen) atoms. The van der Waals surface area contributed by atoms with Gasteiger partial charge in [0.1, 0.15) is 0 Å². The average molecular weight is 113 g/mol. The Morgan fingerprint density at radius 3 is 2.62 bits per heavy atom. The zero-order valence-corrected chi connectivity index (χ0v) is 5.30. The molecule has 0 aromatic heterocycles. The number of nitrogens with two attached hydrogens (primary N) is 1. The van der Waals surface area contributed by atoms with E-state index < -0.39 is 0 Å². The fourth-order valence-electron chi connectivity index (χ4n) is 1.13. The molecule has 47 valence electrons. The smallest absolute Gasteiger partial charge is 0.0285 e. The Kier molecular flexibility index (Phi) is 1.86. The monoisotopic (exact) mass is 113 g/mol. The molecule has 2 atom stereocenters. The molecule has 2 heteroatoms. The highest BCUT2D eigenvalue weighted by Crippen LogP contribution is 2.07. The van der Waals surface area contributed by atoms with Crippen LogP contribution < -0.4 is 11.1 Å². The maximum absolute atomic E-state index is 5.63. The molecule has 0 bridgehead atoms. The van der Waals surface area contributed by atoms with E-state index in [9.17, 15) is 0 Å². The maximum atomic E-state index is 5.63. The second kappa shape index (κ2) is 2.46. The van der Waals surface area contributed by atoms with Crippen molar-refractivity contribution in [3.8, 4) is 0 Å². The molecule has 1 radical (unpaired) electrons. The molecule has 1 heterocycles. The van der Waals surface area contributed by atoms with Crippen LogP contribution >= 0.6 is 0 Å². The van der Waals surface area contributed by atoms with Crippen molar-refractivity contribution < 1.29 is 0 Å². The van der Waals surface area contributed by atoms with Crippen molar-refractivity contribution in [2.45, 2.75) is 19.4 Å². The zero-order valence-electron chi connectivity index (χ0n) is 5.30. The molecule has 0 aromatic carbocycles. The molecular formula is C6H13N2. The first-order chi connectivity index (χ1) is 3.79. The summed E-state index contributed by atoms with van der Waals surface area (Å²) >= 11 is 0. The molecule has 2 N–H and O–H groups in total. The summed E-state index contributed by atoms with van der Waals surface area (Å²) in [7, 11) is 0. The number of piperidine rings is 1. The van der Waals surface area contributed by atoms with Gasteiger partial charge in [0.25, 0.3) is 0 Å². The summed E-state index contributed by atoms with van der Waals surface area (Å²) < 4.78 is 0. The van der Waals surface area contributed by atoms with Gasteiger partial charge in [-0.2, -0.15) is 0 Å². The first-order valence-corrected chi connectivity index (χ1v) is 3.18. The number of hydrogen-bond donors (Lipinski definition) is 1. The third-order valence-corrected chi connectivity index (χ3v) is 1.51. The van der Waals surface area contributed by atoms with Crippen LogP contribution in [-0.4, -0.2) is 19.1 Å². The molecule has 0 aliphatic carbocycles. The van der Waals surface area contributed by atoms with Crippen LogP contribution in [0.5, 0.6) is 0 Å². The third-order valence-electron chi connectivity index (χ3n) is 1.51. The lowest BCUT2D eigenvalue weighted by Crippen LogP contribution is -2.39. The van der Waals surface area contributed by atoms with Crippen molar-refractivity contribution in [1.82, 2.24) is 5.32 Å². The molecule has 1 aliphatic heterocycles. The predicted octanol–water partition coefficient (Wildman–Crippen LogP) is -0.0421. The standard InChI is InChI=1S/C6H13N2/c1-5-2-6(7)4-8-3-5/h5-6H,2-4,7H2,1H3. The van der Waals surface area contributed by atoms with Gasteiger partial charge >= 0.3 is 0 Å². The molecule has 1 rings (SSSR count). The lowest BCUT2D eigenvalue weighted by Gasteiger charge is -2.22. The zero-order chi connectivity index (χ0) is 5.98. The molecule has 1 fully saturated rings. The Hall–Kier alpha value is -0.0800. The minimum atomic E-state index is 0.346. The highest BCUT2D eigenvalue weighted by molar-refractivity contribution is 4.74. The minimum Gasteiger partial charge on any atom is -0.326 e. The van der Waals surface area contributed by atoms with E-state index in [4.69, 9.17) is 5.73 Å². The van der Waals surface area contributed by atoms with Crippen molar-refractivity contribution in [3.05, 3.63) is 0 Å². The van der Waals surface area contributed by atoms with E-state index in [2.05, 4.69) is 12.2 Å². The number of nitrogens with zero attached hydrogens (tertiary/aromatic N) is 1. The highest BCUT2D eigenvalue weighted by Gasteiger charge is 2.14. The molecule has 0 amide bonds. The van der Waals surface area contributed by atoms with Gasteiger partial charge in [0.05, 0.1) is 0 Å². The highest BCUT2D eigenvalue weighted by atomic mass is 14.9. The quantitative estimate of drug-likeness (QED) is 0.470. The van der Waals surface area contributed by atoms with Crippen LogP contribution in [0.4, 0.5) is 0 Å². The molecule has 2 unspecified atom stereocenters. The van der Waals surface area contributed by atoms with E-state index in [0.717, 1.165) is 25.4 Å². The van der Waals surface area contributed by atoms with Gasteiger partial charge in [0.15, 0.2) is 0 Å². The summed E-state index contributed by atoms with van der Waals surface area (Å²) in [6, 6.07) is 0.346. The Labute approximate surface area is 50.4 Å². The van der Waals surface area contributed by atoms with E-state index in [1.165, 1.54) is 0 Å². The van der Waals surface area contributed by atoms with Gasteiger partial charge < -0.3 is 5.73 Å². The number of hydrogen-bond acceptors (Lipinski definition) is 1. The van der Waals surface area contributed by atoms with E-state index in [1.807, 2.05) is 0 Å². The maximum Gasteiger partial charge on any atom is 0.0285 e. The lowest BCUT2D eigenvalue weighted by atomic mass is 9.99. The largest absolute Gasteiger partial charge is 0.326 e. The first kappa shape index (κ1) is 6.05. The van der Waals surface area contributed by atoms with Gasteiger partial charge in [-0.1, -0.05) is 6.92 Å². The van der Waals surface area contributed by atoms with Crippen LogP contribution in [0, 0.1) is 5.92 Å². The van der Waals surface area contributed by atoms with Crippen LogP contribution in [0.1, 0.15) is 13.3 Å². The van der Waals surface area contributed by atoms with E-state index in [-0.39, 0.29) is 0 Å². The summed E-state index contributed by atoms with van der Waals surface area (Å²) in [5.41, 5.74) is 5.63. The van der Waals surface area contributed by atoms with Gasteiger partial charge in [0, 0.05) is 19.1 Å². The summed E-state index contributed by atoms with van der Waals surface area (Å²) in [6.07, 6.45) is 1.16. The molecule has 1 aliphatic rings. The van der Waals surface area contributed by atoms with Gasteiger partial charge in [-0.3, -0.25) is 0 Å². The van der Waals surface area contributed by atoms with Crippen LogP contribution in [0.15, 0.2) is 0 Å². The molecule has 0 spiro atoms. The Balaban J connectivity index is 2.23. The second-order valence-corrected chi connectivity index (χ2v) is 2.69. The lowest BCUT2D eigenvalue weighted by molar-refractivity contribution is 0.358. The van der Waals surface area contributed by atoms with Gasteiger partial charge in [-0.05, 0) is 12.3 Å². The van der Waals surface area contributed by atoms with Crippen LogP contribution in [-0.2, 0) is 0 Å². The van der Waals surface area contributed by atoms with E-state index in [0.29, 0.717) is 6.04 Å². The summed E-state index contributed by atoms with van der Waals surface area (Å²) in [5, 5.41) is 4.21. The fraction of sp³-hybridized carbons (Fsp3) is 1.00. The average Bonchev–Trinajstić information content (AvgIpc) is 1.64. The van der Waals surface area contributed by atoms with Gasteiger partial charge in [0.2, 0.25) is 0 Å². The van der Waals surface area contributed by atoms with Crippen molar-refractivity contribution >= 4 is 0 Å². The third kappa shape index (κ3) is 1.46. The van der Waals surface area contributed by atoms with E-state index >= 15 is 0 Å². The number of rotatable bonds is 0. The summed E-state index contributed by atoms with van der Waals surface area (Å²) in [6.45, 7) is 4.10. The Morgan fingerprint density at radius 1 is 1.50 bits per heavy atom. The molecular weight excluding hydrogens is 100 g/mol. The van der Waals surface area contributed by atoms with Crippen molar-refractivity contribution in [3.63, 3.8) is 0 Å². The molecule has 2 nitrogen and oxygen atoms in total. The Morgan fingerprint density at radius 2 is 2.25 bits per heavy atom. The van der Waals surface area contributed by atoms with Gasteiger partial charge in [-0.15, -0.1) is 0 Å². The topological polar surface area (TPSA) is 40.1 Å². The van der Waals surface area contributed by atoms with E-state index in [1.54, 1.807) is 0 Å². The van der Waals surface area contributed by atoms with Gasteiger partial charge in [-0.25, -0.2) is 5.32 Å². The molecule has 0 saturated carbocycles. The summed E-state index contributed by atoms with van der Waals surface area (Å²) in [4.78, 5) is 0. The fourth-order valence-corrected chi connectivity index (χ4v) is 1.13. The van der Waals surface area contributed by atoms with Crippen LogP contribution in [0.25, 0.3) is 0 Å².